The summed E-state index contributed by atoms with van der Waals surface area (Å²) in [6.45, 7) is 1.62. The number of carbonyl (C=O) groups is 2. The summed E-state index contributed by atoms with van der Waals surface area (Å²) in [5.74, 6) is -1.36. The molecule has 0 bridgehead atoms. The first-order chi connectivity index (χ1) is 16.4. The number of halogens is 4. The summed E-state index contributed by atoms with van der Waals surface area (Å²) < 4.78 is 41.1. The molecule has 0 saturated carbocycles. The summed E-state index contributed by atoms with van der Waals surface area (Å²) in [5, 5.41) is 9.64. The van der Waals surface area contributed by atoms with Crippen LogP contribution < -0.4 is 0 Å². The van der Waals surface area contributed by atoms with E-state index in [1.807, 2.05) is 11.8 Å². The number of hydrogen-bond donors (Lipinski definition) is 1. The molecule has 1 amide bonds. The molecule has 9 heteroatoms. The van der Waals surface area contributed by atoms with Crippen molar-refractivity contribution in [2.75, 3.05) is 7.05 Å². The zero-order valence-corrected chi connectivity index (χ0v) is 19.9. The number of rotatable bonds is 5. The van der Waals surface area contributed by atoms with Gasteiger partial charge in [-0.1, -0.05) is 48.0 Å². The Hall–Kier alpha value is -3.26. The molecule has 1 N–H and O–H groups in total. The zero-order chi connectivity index (χ0) is 25.5. The maximum atomic E-state index is 13.9. The number of benzene rings is 2. The highest BCUT2D eigenvalue weighted by Crippen LogP contribution is 2.43. The van der Waals surface area contributed by atoms with Gasteiger partial charge in [0.2, 0.25) is 5.91 Å². The molecule has 1 fully saturated rings. The normalized spacial score (nSPS) is 22.5. The van der Waals surface area contributed by atoms with E-state index >= 15 is 0 Å². The van der Waals surface area contributed by atoms with Gasteiger partial charge >= 0.3 is 12.1 Å². The van der Waals surface area contributed by atoms with Gasteiger partial charge in [-0.3, -0.25) is 4.79 Å². The summed E-state index contributed by atoms with van der Waals surface area (Å²) in [4.78, 5) is 28.4. The molecule has 2 aromatic rings. The molecule has 1 aliphatic carbocycles. The number of allylic oxidation sites excluding steroid dienone is 2. The molecular weight excluding hydrogens is 481 g/mol. The van der Waals surface area contributed by atoms with Gasteiger partial charge in [-0.25, -0.2) is 4.79 Å². The van der Waals surface area contributed by atoms with E-state index in [0.717, 1.165) is 17.3 Å². The van der Waals surface area contributed by atoms with Crippen LogP contribution in [0.25, 0.3) is 0 Å². The predicted molar refractivity (Wildman–Crippen MR) is 126 cm³/mol. The maximum Gasteiger partial charge on any atom is 0.416 e. The Morgan fingerprint density at radius 2 is 1.83 bits per heavy atom. The minimum Gasteiger partial charge on any atom is -0.478 e. The molecule has 2 unspecified atom stereocenters. The summed E-state index contributed by atoms with van der Waals surface area (Å²) in [6, 6.07) is 10.8. The van der Waals surface area contributed by atoms with Crippen molar-refractivity contribution in [3.05, 3.63) is 93.7 Å². The molecule has 1 heterocycles. The van der Waals surface area contributed by atoms with Crippen molar-refractivity contribution in [2.24, 2.45) is 0 Å². The van der Waals surface area contributed by atoms with Gasteiger partial charge in [0.15, 0.2) is 0 Å². The van der Waals surface area contributed by atoms with Crippen LogP contribution in [0, 0.1) is 0 Å². The monoisotopic (exact) mass is 504 g/mol. The lowest BCUT2D eigenvalue weighted by atomic mass is 9.81. The van der Waals surface area contributed by atoms with E-state index in [4.69, 9.17) is 16.7 Å². The molecule has 1 saturated heterocycles. The predicted octanol–water partition coefficient (Wildman–Crippen LogP) is 5.46. The van der Waals surface area contributed by atoms with E-state index in [1.165, 1.54) is 35.2 Å². The van der Waals surface area contributed by atoms with Crippen molar-refractivity contribution < 1.29 is 27.9 Å². The van der Waals surface area contributed by atoms with Crippen LogP contribution in [0.15, 0.2) is 71.4 Å². The number of aromatic carboxylic acids is 1. The van der Waals surface area contributed by atoms with Gasteiger partial charge in [0, 0.05) is 30.7 Å². The second-order valence-electron chi connectivity index (χ2n) is 9.01. The summed E-state index contributed by atoms with van der Waals surface area (Å²) in [5.41, 5.74) is -0.0394. The highest BCUT2D eigenvalue weighted by atomic mass is 35.5. The smallest absolute Gasteiger partial charge is 0.416 e. The molecule has 0 spiro atoms. The van der Waals surface area contributed by atoms with Crippen molar-refractivity contribution in [3.8, 4) is 0 Å². The third-order valence-corrected chi connectivity index (χ3v) is 7.06. The summed E-state index contributed by atoms with van der Waals surface area (Å²) in [6.07, 6.45) is -0.420. The first kappa shape index (κ1) is 24.9. The van der Waals surface area contributed by atoms with Gasteiger partial charge in [0.05, 0.1) is 16.7 Å². The van der Waals surface area contributed by atoms with Crippen LogP contribution >= 0.6 is 11.6 Å². The van der Waals surface area contributed by atoms with Gasteiger partial charge < -0.3 is 14.9 Å². The van der Waals surface area contributed by atoms with Crippen LogP contribution in [-0.2, 0) is 23.9 Å². The van der Waals surface area contributed by atoms with Crippen LogP contribution in [0.1, 0.15) is 40.4 Å². The fourth-order valence-electron chi connectivity index (χ4n) is 4.82. The number of carboxylic acids is 1. The average molecular weight is 505 g/mol. The Balaban J connectivity index is 1.74. The van der Waals surface area contributed by atoms with Crippen molar-refractivity contribution in [3.63, 3.8) is 0 Å². The van der Waals surface area contributed by atoms with Gasteiger partial charge in [0.1, 0.15) is 6.04 Å². The highest BCUT2D eigenvalue weighted by molar-refractivity contribution is 6.31. The lowest BCUT2D eigenvalue weighted by molar-refractivity contribution is -0.149. The second kappa shape index (κ2) is 9.07. The summed E-state index contributed by atoms with van der Waals surface area (Å²) >= 11 is 6.30. The Kier molecular flexibility index (Phi) is 6.44. The number of carbonyl (C=O) groups excluding carboxylic acids is 1. The van der Waals surface area contributed by atoms with Gasteiger partial charge in [-0.2, -0.15) is 13.2 Å². The fourth-order valence-corrected chi connectivity index (χ4v) is 5.00. The SMILES string of the molecule is CN1C2=CC(Cl)=CCC2(C)N(Cc2ccccc2C(F)(F)F)C(=O)C1Cc1ccc(C(=O)O)cc1. The van der Waals surface area contributed by atoms with Gasteiger partial charge in [-0.15, -0.1) is 0 Å². The van der Waals surface area contributed by atoms with Crippen molar-refractivity contribution in [2.45, 2.75) is 44.1 Å². The first-order valence-electron chi connectivity index (χ1n) is 11.0. The second-order valence-corrected chi connectivity index (χ2v) is 9.45. The maximum absolute atomic E-state index is 13.9. The number of hydrogen-bond acceptors (Lipinski definition) is 3. The first-order valence-corrected chi connectivity index (χ1v) is 11.4. The zero-order valence-electron chi connectivity index (χ0n) is 19.1. The van der Waals surface area contributed by atoms with E-state index < -0.39 is 29.3 Å². The highest BCUT2D eigenvalue weighted by Gasteiger charge is 2.50. The lowest BCUT2D eigenvalue weighted by Crippen LogP contribution is -2.65. The average Bonchev–Trinajstić information content (AvgIpc) is 2.81. The van der Waals surface area contributed by atoms with E-state index in [0.29, 0.717) is 11.5 Å². The van der Waals surface area contributed by atoms with E-state index in [2.05, 4.69) is 0 Å². The molecule has 0 radical (unpaired) electrons. The number of fused-ring (bicyclic) bond motifs is 1. The van der Waals surface area contributed by atoms with E-state index in [-0.39, 0.29) is 30.0 Å². The molecule has 0 aromatic heterocycles. The Labute approximate surface area is 206 Å². The Bertz CT molecular complexity index is 1220. The van der Waals surface area contributed by atoms with Crippen LogP contribution in [0.5, 0.6) is 0 Å². The van der Waals surface area contributed by atoms with E-state index in [1.54, 1.807) is 31.3 Å². The molecular formula is C26H24ClF3N2O3. The van der Waals surface area contributed by atoms with E-state index in [9.17, 15) is 22.8 Å². The molecule has 1 aliphatic heterocycles. The van der Waals surface area contributed by atoms with Crippen LogP contribution in [0.4, 0.5) is 13.2 Å². The molecule has 184 valence electrons. The molecule has 5 nitrogen and oxygen atoms in total. The minimum atomic E-state index is -4.55. The number of amides is 1. The van der Waals surface area contributed by atoms with Crippen LogP contribution in [0.3, 0.4) is 0 Å². The molecule has 35 heavy (non-hydrogen) atoms. The van der Waals surface area contributed by atoms with Gasteiger partial charge in [0.25, 0.3) is 0 Å². The number of piperazine rings is 1. The number of nitrogens with zero attached hydrogens (tertiary/aromatic N) is 2. The number of carboxylic acid groups (broad SMARTS) is 1. The van der Waals surface area contributed by atoms with Crippen LogP contribution in [-0.4, -0.2) is 45.4 Å². The quantitative estimate of drug-likeness (QED) is 0.587. The number of alkyl halides is 3. The lowest BCUT2D eigenvalue weighted by Gasteiger charge is -2.54. The standard InChI is InChI=1S/C26H24ClF3N2O3/c1-25-12-11-19(27)14-22(25)31(2)21(13-16-7-9-17(10-8-16)24(34)35)23(33)32(25)15-18-5-3-4-6-20(18)26(28,29)30/h3-11,14,21H,12-13,15H2,1-2H3,(H,34,35). The topological polar surface area (TPSA) is 60.9 Å². The third-order valence-electron chi connectivity index (χ3n) is 6.80. The van der Waals surface area contributed by atoms with Crippen molar-refractivity contribution in [1.29, 1.82) is 0 Å². The molecule has 2 atom stereocenters. The third kappa shape index (κ3) is 4.67. The Morgan fingerprint density at radius 1 is 1.17 bits per heavy atom. The Morgan fingerprint density at radius 3 is 2.46 bits per heavy atom. The largest absolute Gasteiger partial charge is 0.478 e. The minimum absolute atomic E-state index is 0.0173. The number of likely N-dealkylation sites (N-methyl/N-ethyl adjacent to an activating group) is 1. The van der Waals surface area contributed by atoms with Crippen molar-refractivity contribution in [1.82, 2.24) is 9.80 Å². The molecule has 2 aromatic carbocycles. The fraction of sp³-hybridized carbons (Fsp3) is 0.308. The van der Waals surface area contributed by atoms with Gasteiger partial charge in [-0.05, 0) is 48.7 Å². The van der Waals surface area contributed by atoms with Crippen molar-refractivity contribution >= 4 is 23.5 Å². The molecule has 2 aliphatic rings. The summed E-state index contributed by atoms with van der Waals surface area (Å²) in [7, 11) is 1.77. The van der Waals surface area contributed by atoms with Crippen LogP contribution in [0.2, 0.25) is 0 Å². The molecule has 4 rings (SSSR count).